The molecule has 0 aliphatic carbocycles. The zero-order chi connectivity index (χ0) is 18.6. The molecule has 0 radical (unpaired) electrons. The Morgan fingerprint density at radius 3 is 2.40 bits per heavy atom. The summed E-state index contributed by atoms with van der Waals surface area (Å²) in [5.74, 6) is -0.899. The van der Waals surface area contributed by atoms with Crippen LogP contribution in [0.4, 0.5) is 13.2 Å². The molecule has 0 aliphatic heterocycles. The molecule has 1 N–H and O–H groups in total. The average Bonchev–Trinajstić information content (AvgIpc) is 2.91. The number of alkyl halides is 3. The Morgan fingerprint density at radius 1 is 1.28 bits per heavy atom. The first-order valence-corrected chi connectivity index (χ1v) is 7.72. The summed E-state index contributed by atoms with van der Waals surface area (Å²) >= 11 is 0. The van der Waals surface area contributed by atoms with Gasteiger partial charge in [-0.25, -0.2) is 9.78 Å². The molecule has 0 unspecified atom stereocenters. The van der Waals surface area contributed by atoms with Crippen LogP contribution >= 0.6 is 0 Å². The minimum atomic E-state index is -4.71. The van der Waals surface area contributed by atoms with Crippen LogP contribution in [0.15, 0.2) is 24.3 Å². The number of nitrogens with zero attached hydrogens (tertiary/aromatic N) is 2. The van der Waals surface area contributed by atoms with Crippen LogP contribution in [0.5, 0.6) is 0 Å². The zero-order valence-electron chi connectivity index (χ0n) is 13.5. The lowest BCUT2D eigenvalue weighted by molar-refractivity contribution is -0.141. The molecule has 1 aromatic heterocycles. The molecule has 0 saturated heterocycles. The summed E-state index contributed by atoms with van der Waals surface area (Å²) in [4.78, 5) is 25.8. The van der Waals surface area contributed by atoms with E-state index < -0.39 is 23.5 Å². The molecule has 1 heterocycles. The van der Waals surface area contributed by atoms with Gasteiger partial charge in [-0.15, -0.1) is 0 Å². The van der Waals surface area contributed by atoms with Crippen molar-refractivity contribution in [2.24, 2.45) is 0 Å². The van der Waals surface area contributed by atoms with Gasteiger partial charge in [0, 0.05) is 13.0 Å². The first-order valence-electron chi connectivity index (χ1n) is 7.72. The molecular formula is C17H17F3N2O3. The van der Waals surface area contributed by atoms with Gasteiger partial charge in [-0.2, -0.15) is 13.2 Å². The summed E-state index contributed by atoms with van der Waals surface area (Å²) in [6, 6.07) is 5.75. The van der Waals surface area contributed by atoms with E-state index in [9.17, 15) is 22.8 Å². The molecular weight excluding hydrogens is 337 g/mol. The highest BCUT2D eigenvalue weighted by molar-refractivity contribution is 5.87. The van der Waals surface area contributed by atoms with Crippen LogP contribution in [0.2, 0.25) is 0 Å². The second-order valence-corrected chi connectivity index (χ2v) is 5.57. The van der Waals surface area contributed by atoms with Gasteiger partial charge in [0.1, 0.15) is 11.5 Å². The van der Waals surface area contributed by atoms with Gasteiger partial charge < -0.3 is 9.67 Å². The summed E-state index contributed by atoms with van der Waals surface area (Å²) in [6.07, 6.45) is -2.81. The molecule has 0 amide bonds. The second-order valence-electron chi connectivity index (χ2n) is 5.57. The minimum absolute atomic E-state index is 0.0100. The average molecular weight is 354 g/mol. The number of halogens is 3. The maximum Gasteiger partial charge on any atom is 0.435 e. The molecule has 0 atom stereocenters. The number of benzene rings is 1. The summed E-state index contributed by atoms with van der Waals surface area (Å²) in [5.41, 5.74) is -1.04. The lowest BCUT2D eigenvalue weighted by Crippen LogP contribution is -2.12. The van der Waals surface area contributed by atoms with E-state index in [1.54, 1.807) is 0 Å². The fourth-order valence-electron chi connectivity index (χ4n) is 2.48. The monoisotopic (exact) mass is 354 g/mol. The van der Waals surface area contributed by atoms with E-state index in [-0.39, 0.29) is 24.2 Å². The van der Waals surface area contributed by atoms with Gasteiger partial charge in [-0.05, 0) is 24.1 Å². The van der Waals surface area contributed by atoms with Crippen LogP contribution in [0.3, 0.4) is 0 Å². The van der Waals surface area contributed by atoms with E-state index in [4.69, 9.17) is 5.11 Å². The van der Waals surface area contributed by atoms with Crippen molar-refractivity contribution in [1.29, 1.82) is 0 Å². The normalized spacial score (nSPS) is 11.5. The molecule has 8 heteroatoms. The van der Waals surface area contributed by atoms with Crippen molar-refractivity contribution >= 4 is 12.3 Å². The van der Waals surface area contributed by atoms with Crippen molar-refractivity contribution in [3.63, 3.8) is 0 Å². The number of aromatic nitrogens is 2. The number of carboxylic acids is 1. The quantitative estimate of drug-likeness (QED) is 0.768. The molecule has 5 nitrogen and oxygen atoms in total. The number of aromatic carboxylic acids is 1. The van der Waals surface area contributed by atoms with Crippen LogP contribution in [0.1, 0.15) is 57.7 Å². The lowest BCUT2D eigenvalue weighted by Gasteiger charge is -2.10. The van der Waals surface area contributed by atoms with Crippen molar-refractivity contribution < 1.29 is 27.9 Å². The Labute approximate surface area is 142 Å². The highest BCUT2D eigenvalue weighted by atomic mass is 19.4. The maximum atomic E-state index is 13.1. The second kappa shape index (κ2) is 7.50. The number of hydrogen-bond acceptors (Lipinski definition) is 3. The molecule has 0 bridgehead atoms. The molecule has 2 aromatic rings. The number of rotatable bonds is 7. The summed E-state index contributed by atoms with van der Waals surface area (Å²) in [5, 5.41) is 8.90. The number of hydrogen-bond donors (Lipinski definition) is 1. The fraction of sp³-hybridized carbons (Fsp3) is 0.353. The van der Waals surface area contributed by atoms with Crippen molar-refractivity contribution in [3.8, 4) is 0 Å². The van der Waals surface area contributed by atoms with E-state index in [0.29, 0.717) is 18.4 Å². The molecule has 2 rings (SSSR count). The van der Waals surface area contributed by atoms with Crippen LogP contribution in [-0.2, 0) is 19.1 Å². The molecule has 0 spiro atoms. The van der Waals surface area contributed by atoms with Crippen LogP contribution in [-0.4, -0.2) is 26.9 Å². The zero-order valence-corrected chi connectivity index (χ0v) is 13.5. The molecule has 0 saturated carbocycles. The van der Waals surface area contributed by atoms with Crippen LogP contribution in [0, 0.1) is 0 Å². The largest absolute Gasteiger partial charge is 0.478 e. The summed E-state index contributed by atoms with van der Waals surface area (Å²) in [7, 11) is 0. The van der Waals surface area contributed by atoms with E-state index in [0.717, 1.165) is 6.42 Å². The van der Waals surface area contributed by atoms with Gasteiger partial charge in [0.15, 0.2) is 12.0 Å². The van der Waals surface area contributed by atoms with Crippen LogP contribution < -0.4 is 0 Å². The highest BCUT2D eigenvalue weighted by Crippen LogP contribution is 2.32. The van der Waals surface area contributed by atoms with Gasteiger partial charge in [0.05, 0.1) is 5.56 Å². The predicted octanol–water partition coefficient (Wildman–Crippen LogP) is 3.80. The number of carboxylic acid groups (broad SMARTS) is 1. The molecule has 25 heavy (non-hydrogen) atoms. The first-order chi connectivity index (χ1) is 11.8. The Kier molecular flexibility index (Phi) is 5.61. The maximum absolute atomic E-state index is 13.1. The topological polar surface area (TPSA) is 72.2 Å². The summed E-state index contributed by atoms with van der Waals surface area (Å²) in [6.45, 7) is 1.92. The smallest absolute Gasteiger partial charge is 0.435 e. The number of imidazole rings is 1. The number of aryl methyl sites for hydroxylation is 1. The van der Waals surface area contributed by atoms with Crippen molar-refractivity contribution in [2.45, 2.75) is 38.9 Å². The van der Waals surface area contributed by atoms with Gasteiger partial charge in [0.2, 0.25) is 0 Å². The third-order valence-corrected chi connectivity index (χ3v) is 3.76. The third kappa shape index (κ3) is 4.26. The van der Waals surface area contributed by atoms with Crippen LogP contribution in [0.25, 0.3) is 0 Å². The molecule has 134 valence electrons. The van der Waals surface area contributed by atoms with E-state index in [1.807, 2.05) is 6.92 Å². The van der Waals surface area contributed by atoms with Crippen molar-refractivity contribution in [1.82, 2.24) is 9.55 Å². The summed E-state index contributed by atoms with van der Waals surface area (Å²) < 4.78 is 40.6. The van der Waals surface area contributed by atoms with Gasteiger partial charge >= 0.3 is 12.1 Å². The number of carbonyl (C=O) groups is 2. The Morgan fingerprint density at radius 2 is 1.92 bits per heavy atom. The predicted molar refractivity (Wildman–Crippen MR) is 83.7 cm³/mol. The first kappa shape index (κ1) is 18.7. The molecule has 1 aromatic carbocycles. The Hall–Kier alpha value is -2.64. The lowest BCUT2D eigenvalue weighted by atomic mass is 10.1. The fourth-order valence-corrected chi connectivity index (χ4v) is 2.48. The van der Waals surface area contributed by atoms with Gasteiger partial charge in [-0.3, -0.25) is 4.79 Å². The van der Waals surface area contributed by atoms with Gasteiger partial charge in [0.25, 0.3) is 0 Å². The number of unbranched alkanes of at least 4 members (excludes halogenated alkanes) is 1. The Bertz CT molecular complexity index is 765. The number of aldehydes is 1. The van der Waals surface area contributed by atoms with E-state index in [1.165, 1.54) is 28.8 Å². The van der Waals surface area contributed by atoms with Crippen molar-refractivity contribution in [2.75, 3.05) is 0 Å². The SMILES string of the molecule is CCCCc1nc(C(F)(F)F)c(C=O)n1Cc1ccc(C(=O)O)cc1. The Balaban J connectivity index is 2.44. The standard InChI is InChI=1S/C17H17F3N2O3/c1-2-3-4-14-21-15(17(18,19)20)13(10-23)22(14)9-11-5-7-12(8-6-11)16(24)25/h5-8,10H,2-4,9H2,1H3,(H,24,25). The van der Waals surface area contributed by atoms with E-state index >= 15 is 0 Å². The minimum Gasteiger partial charge on any atom is -0.478 e. The molecule has 0 aliphatic rings. The molecule has 0 fully saturated rings. The van der Waals surface area contributed by atoms with Crippen molar-refractivity contribution in [3.05, 3.63) is 52.6 Å². The number of carbonyl (C=O) groups excluding carboxylic acids is 1. The third-order valence-electron chi connectivity index (χ3n) is 3.76. The van der Waals surface area contributed by atoms with Gasteiger partial charge in [-0.1, -0.05) is 25.5 Å². The highest BCUT2D eigenvalue weighted by Gasteiger charge is 2.38. The van der Waals surface area contributed by atoms with E-state index in [2.05, 4.69) is 4.98 Å².